The summed E-state index contributed by atoms with van der Waals surface area (Å²) in [6.45, 7) is 0. The van der Waals surface area contributed by atoms with Crippen molar-refractivity contribution >= 4 is 5.57 Å². The first kappa shape index (κ1) is 25.6. The molecule has 6 aromatic rings. The van der Waals surface area contributed by atoms with Crippen LogP contribution in [0.5, 0.6) is 0 Å². The third kappa shape index (κ3) is 4.76. The van der Waals surface area contributed by atoms with Crippen LogP contribution in [0.4, 0.5) is 0 Å². The Morgan fingerprint density at radius 3 is 1.33 bits per heavy atom. The highest BCUT2D eigenvalue weighted by Gasteiger charge is 2.24. The molecule has 1 aromatic heterocycles. The van der Waals surface area contributed by atoms with Crippen molar-refractivity contribution in [3.05, 3.63) is 174 Å². The van der Waals surface area contributed by atoms with Gasteiger partial charge in [0.1, 0.15) is 0 Å². The fraction of sp³-hybridized carbons (Fsp3) is 0.0513. The Hall–Kier alpha value is -5.41. The maximum absolute atomic E-state index is 14.6. The van der Waals surface area contributed by atoms with E-state index in [1.54, 1.807) is 0 Å². The van der Waals surface area contributed by atoms with Gasteiger partial charge in [0.2, 0.25) is 0 Å². The van der Waals surface area contributed by atoms with E-state index in [1.165, 1.54) is 11.1 Å². The van der Waals surface area contributed by atoms with Crippen molar-refractivity contribution in [1.29, 1.82) is 0 Å². The lowest BCUT2D eigenvalue weighted by atomic mass is 9.97. The summed E-state index contributed by atoms with van der Waals surface area (Å²) in [7, 11) is 0. The first-order valence-electron chi connectivity index (χ1n) is 14.4. The van der Waals surface area contributed by atoms with Gasteiger partial charge in [-0.1, -0.05) is 133 Å². The second kappa shape index (κ2) is 11.2. The molecule has 5 aromatic carbocycles. The van der Waals surface area contributed by atoms with Gasteiger partial charge >= 0.3 is 5.69 Å². The average molecular weight is 543 g/mol. The maximum atomic E-state index is 14.6. The monoisotopic (exact) mass is 542 g/mol. The van der Waals surface area contributed by atoms with Gasteiger partial charge in [-0.3, -0.25) is 9.13 Å². The minimum atomic E-state index is -0.104. The van der Waals surface area contributed by atoms with Crippen LogP contribution in [0.15, 0.2) is 163 Å². The fourth-order valence-corrected chi connectivity index (χ4v) is 5.81. The number of rotatable bonds is 6. The second-order valence-electron chi connectivity index (χ2n) is 10.5. The summed E-state index contributed by atoms with van der Waals surface area (Å²) < 4.78 is 3.72. The topological polar surface area (TPSA) is 26.9 Å². The number of hydrogen-bond acceptors (Lipinski definition) is 1. The number of nitrogens with zero attached hydrogens (tertiary/aromatic N) is 2. The normalized spacial score (nSPS) is 12.7. The lowest BCUT2D eigenvalue weighted by Crippen LogP contribution is -2.22. The highest BCUT2D eigenvalue weighted by molar-refractivity contribution is 5.82. The Balaban J connectivity index is 1.46. The van der Waals surface area contributed by atoms with Gasteiger partial charge in [0, 0.05) is 11.1 Å². The summed E-state index contributed by atoms with van der Waals surface area (Å²) in [5, 5.41) is 0. The lowest BCUT2D eigenvalue weighted by Gasteiger charge is -2.13. The van der Waals surface area contributed by atoms with Gasteiger partial charge in [-0.05, 0) is 59.4 Å². The van der Waals surface area contributed by atoms with Crippen molar-refractivity contribution in [2.24, 2.45) is 0 Å². The summed E-state index contributed by atoms with van der Waals surface area (Å²) in [5.74, 6) is 0. The van der Waals surface area contributed by atoms with Crippen LogP contribution in [0.25, 0.3) is 50.6 Å². The smallest absolute Gasteiger partial charge is 0.260 e. The molecule has 0 radical (unpaired) electrons. The van der Waals surface area contributed by atoms with E-state index in [2.05, 4.69) is 91.0 Å². The van der Waals surface area contributed by atoms with Crippen LogP contribution in [0.2, 0.25) is 0 Å². The maximum Gasteiger partial charge on any atom is 0.338 e. The molecule has 0 saturated heterocycles. The number of aromatic nitrogens is 2. The SMILES string of the molecule is O=c1n(-c2ccc(C3=CC=CCC3)cc2)c(-c2ccccc2)c(-c2ccccc2)n1-c1ccc(-c2ccccc2)cc1. The first-order valence-corrected chi connectivity index (χ1v) is 14.4. The van der Waals surface area contributed by atoms with Gasteiger partial charge in [-0.25, -0.2) is 4.79 Å². The van der Waals surface area contributed by atoms with E-state index in [9.17, 15) is 4.79 Å². The Bertz CT molecular complexity index is 1940. The largest absolute Gasteiger partial charge is 0.338 e. The van der Waals surface area contributed by atoms with E-state index < -0.39 is 0 Å². The van der Waals surface area contributed by atoms with E-state index in [-0.39, 0.29) is 5.69 Å². The average Bonchev–Trinajstić information content (AvgIpc) is 3.39. The van der Waals surface area contributed by atoms with Crippen LogP contribution in [0.1, 0.15) is 18.4 Å². The molecule has 0 amide bonds. The van der Waals surface area contributed by atoms with E-state index in [4.69, 9.17) is 0 Å². The molecule has 1 aliphatic rings. The molecule has 42 heavy (non-hydrogen) atoms. The number of hydrogen-bond donors (Lipinski definition) is 0. The molecule has 0 fully saturated rings. The fourth-order valence-electron chi connectivity index (χ4n) is 5.81. The van der Waals surface area contributed by atoms with Crippen molar-refractivity contribution in [2.45, 2.75) is 12.8 Å². The zero-order chi connectivity index (χ0) is 28.3. The van der Waals surface area contributed by atoms with Gasteiger partial charge in [-0.15, -0.1) is 0 Å². The Kier molecular flexibility index (Phi) is 6.83. The summed E-state index contributed by atoms with van der Waals surface area (Å²) in [6.07, 6.45) is 8.59. The zero-order valence-electron chi connectivity index (χ0n) is 23.2. The molecule has 0 unspecified atom stereocenters. The number of imidazole rings is 1. The molecule has 7 rings (SSSR count). The van der Waals surface area contributed by atoms with Gasteiger partial charge in [0.25, 0.3) is 0 Å². The van der Waals surface area contributed by atoms with Crippen LogP contribution in [-0.2, 0) is 0 Å². The van der Waals surface area contributed by atoms with Crippen molar-refractivity contribution in [3.63, 3.8) is 0 Å². The van der Waals surface area contributed by atoms with Gasteiger partial charge in [0.05, 0.1) is 22.8 Å². The zero-order valence-corrected chi connectivity index (χ0v) is 23.2. The highest BCUT2D eigenvalue weighted by Crippen LogP contribution is 2.36. The minimum Gasteiger partial charge on any atom is -0.260 e. The molecule has 0 atom stereocenters. The van der Waals surface area contributed by atoms with E-state index in [0.29, 0.717) is 0 Å². The summed E-state index contributed by atoms with van der Waals surface area (Å²) in [5.41, 5.74) is 10.0. The molecule has 0 aliphatic heterocycles. The molecule has 1 aliphatic carbocycles. The molecule has 3 nitrogen and oxygen atoms in total. The first-order chi connectivity index (χ1) is 20.8. The molecule has 202 valence electrons. The van der Waals surface area contributed by atoms with Gasteiger partial charge in [0.15, 0.2) is 0 Å². The quantitative estimate of drug-likeness (QED) is 0.206. The van der Waals surface area contributed by atoms with Crippen molar-refractivity contribution in [3.8, 4) is 45.0 Å². The van der Waals surface area contributed by atoms with Gasteiger partial charge in [-0.2, -0.15) is 0 Å². The van der Waals surface area contributed by atoms with Crippen molar-refractivity contribution in [2.75, 3.05) is 0 Å². The molecule has 0 spiro atoms. The van der Waals surface area contributed by atoms with E-state index in [1.807, 2.05) is 75.9 Å². The molecule has 0 bridgehead atoms. The third-order valence-corrected chi connectivity index (χ3v) is 7.89. The molecular weight excluding hydrogens is 512 g/mol. The second-order valence-corrected chi connectivity index (χ2v) is 10.5. The Morgan fingerprint density at radius 2 is 0.881 bits per heavy atom. The number of allylic oxidation sites excluding steroid dienone is 4. The van der Waals surface area contributed by atoms with Crippen molar-refractivity contribution in [1.82, 2.24) is 9.13 Å². The molecular formula is C39H30N2O. The van der Waals surface area contributed by atoms with Crippen LogP contribution in [0, 0.1) is 0 Å². The van der Waals surface area contributed by atoms with Crippen LogP contribution in [0.3, 0.4) is 0 Å². The third-order valence-electron chi connectivity index (χ3n) is 7.89. The van der Waals surface area contributed by atoms with Gasteiger partial charge < -0.3 is 0 Å². The minimum absolute atomic E-state index is 0.104. The summed E-state index contributed by atoms with van der Waals surface area (Å²) in [4.78, 5) is 14.6. The lowest BCUT2D eigenvalue weighted by molar-refractivity contribution is 0.913. The molecule has 0 N–H and O–H groups in total. The molecule has 1 heterocycles. The Labute approximate surface area is 246 Å². The molecule has 3 heteroatoms. The van der Waals surface area contributed by atoms with Crippen LogP contribution >= 0.6 is 0 Å². The molecule has 0 saturated carbocycles. The Morgan fingerprint density at radius 1 is 0.452 bits per heavy atom. The van der Waals surface area contributed by atoms with Crippen molar-refractivity contribution < 1.29 is 0 Å². The van der Waals surface area contributed by atoms with Crippen LogP contribution < -0.4 is 5.69 Å². The van der Waals surface area contributed by atoms with E-state index >= 15 is 0 Å². The predicted octanol–water partition coefficient (Wildman–Crippen LogP) is 9.36. The standard InChI is InChI=1S/C39H30N2O/c42-39-40(35-25-21-31(22-26-35)29-13-5-1-6-14-29)37(33-17-9-3-10-18-33)38(34-19-11-4-12-20-34)41(39)36-27-23-32(24-28-36)30-15-7-2-8-16-30/h1-7,9-15,17-28H,8,16H2. The van der Waals surface area contributed by atoms with E-state index in [0.717, 1.165) is 57.9 Å². The number of benzene rings is 5. The summed E-state index contributed by atoms with van der Waals surface area (Å²) >= 11 is 0. The highest BCUT2D eigenvalue weighted by atomic mass is 16.1. The summed E-state index contributed by atoms with van der Waals surface area (Å²) in [6, 6.07) is 47.4. The predicted molar refractivity (Wildman–Crippen MR) is 174 cm³/mol. The van der Waals surface area contributed by atoms with Crippen LogP contribution in [-0.4, -0.2) is 9.13 Å².